The fourth-order valence-corrected chi connectivity index (χ4v) is 2.52. The predicted molar refractivity (Wildman–Crippen MR) is 84.2 cm³/mol. The Morgan fingerprint density at radius 2 is 1.50 bits per heavy atom. The van der Waals surface area contributed by atoms with Gasteiger partial charge in [0.15, 0.2) is 0 Å². The van der Waals surface area contributed by atoms with E-state index in [9.17, 15) is 4.79 Å². The molecule has 118 valence electrons. The normalized spacial score (nSPS) is 16.1. The molecule has 2 N–H and O–H groups in total. The van der Waals surface area contributed by atoms with E-state index >= 15 is 0 Å². The van der Waals surface area contributed by atoms with Crippen molar-refractivity contribution >= 4 is 5.91 Å². The average Bonchev–Trinajstić information content (AvgIpc) is 3.20. The summed E-state index contributed by atoms with van der Waals surface area (Å²) >= 11 is 0. The topological polar surface area (TPSA) is 64.2 Å². The standard InChI is InChI=1S/C16H33N3O/c1-4-6-7-8-9-10-11-12-13-16(17-18-16)14-15(20)19(3)5-2/h17-18H,4-14H2,1-3H3. The third-order valence-corrected chi connectivity index (χ3v) is 4.29. The van der Waals surface area contributed by atoms with Crippen LogP contribution < -0.4 is 10.9 Å². The summed E-state index contributed by atoms with van der Waals surface area (Å²) in [4.78, 5) is 13.7. The number of hydrazine groups is 1. The van der Waals surface area contributed by atoms with Crippen molar-refractivity contribution < 1.29 is 4.79 Å². The summed E-state index contributed by atoms with van der Waals surface area (Å²) in [6.45, 7) is 5.05. The molecule has 4 nitrogen and oxygen atoms in total. The van der Waals surface area contributed by atoms with Crippen molar-refractivity contribution in [1.29, 1.82) is 0 Å². The van der Waals surface area contributed by atoms with Crippen molar-refractivity contribution in [2.24, 2.45) is 0 Å². The zero-order valence-electron chi connectivity index (χ0n) is 13.6. The van der Waals surface area contributed by atoms with E-state index in [2.05, 4.69) is 17.8 Å². The fourth-order valence-electron chi connectivity index (χ4n) is 2.52. The van der Waals surface area contributed by atoms with Crippen molar-refractivity contribution in [3.8, 4) is 0 Å². The number of carbonyl (C=O) groups is 1. The van der Waals surface area contributed by atoms with Crippen molar-refractivity contribution in [1.82, 2.24) is 15.8 Å². The molecule has 1 aliphatic rings. The van der Waals surface area contributed by atoms with Gasteiger partial charge < -0.3 is 4.90 Å². The molecule has 0 bridgehead atoms. The number of carbonyl (C=O) groups excluding carboxylic acids is 1. The first kappa shape index (κ1) is 17.4. The lowest BCUT2D eigenvalue weighted by atomic mass is 10.0. The highest BCUT2D eigenvalue weighted by atomic mass is 16.2. The van der Waals surface area contributed by atoms with E-state index in [0.29, 0.717) is 6.42 Å². The molecule has 0 aromatic heterocycles. The Bertz CT molecular complexity index is 277. The van der Waals surface area contributed by atoms with E-state index in [1.165, 1.54) is 51.4 Å². The van der Waals surface area contributed by atoms with Crippen LogP contribution in [-0.4, -0.2) is 30.1 Å². The lowest BCUT2D eigenvalue weighted by Gasteiger charge is -2.18. The Morgan fingerprint density at radius 1 is 0.950 bits per heavy atom. The van der Waals surface area contributed by atoms with Gasteiger partial charge in [-0.2, -0.15) is 0 Å². The molecule has 0 aromatic rings. The van der Waals surface area contributed by atoms with E-state index in [1.54, 1.807) is 4.90 Å². The molecule has 0 saturated carbocycles. The molecular weight excluding hydrogens is 250 g/mol. The van der Waals surface area contributed by atoms with Gasteiger partial charge in [-0.05, 0) is 13.3 Å². The van der Waals surface area contributed by atoms with Crippen LogP contribution in [0.3, 0.4) is 0 Å². The quantitative estimate of drug-likeness (QED) is 0.427. The fraction of sp³-hybridized carbons (Fsp3) is 0.938. The van der Waals surface area contributed by atoms with Crippen LogP contribution in [0.4, 0.5) is 0 Å². The van der Waals surface area contributed by atoms with Crippen molar-refractivity contribution in [2.75, 3.05) is 13.6 Å². The van der Waals surface area contributed by atoms with Crippen LogP contribution in [0.15, 0.2) is 0 Å². The highest BCUT2D eigenvalue weighted by molar-refractivity contribution is 5.77. The maximum Gasteiger partial charge on any atom is 0.225 e. The molecule has 0 aliphatic carbocycles. The summed E-state index contributed by atoms with van der Waals surface area (Å²) in [5.74, 6) is 0.226. The van der Waals surface area contributed by atoms with E-state index < -0.39 is 0 Å². The number of hydrogen-bond donors (Lipinski definition) is 2. The molecule has 1 saturated heterocycles. The summed E-state index contributed by atoms with van der Waals surface area (Å²) < 4.78 is 0. The SMILES string of the molecule is CCCCCCCCCCC1(CC(=O)N(C)CC)NN1. The number of amides is 1. The predicted octanol–water partition coefficient (Wildman–Crippen LogP) is 3.19. The van der Waals surface area contributed by atoms with Gasteiger partial charge in [-0.25, -0.2) is 10.9 Å². The second-order valence-electron chi connectivity index (χ2n) is 6.14. The summed E-state index contributed by atoms with van der Waals surface area (Å²) in [5, 5.41) is 0. The first-order valence-electron chi connectivity index (χ1n) is 8.42. The van der Waals surface area contributed by atoms with E-state index in [-0.39, 0.29) is 11.6 Å². The minimum atomic E-state index is -0.0945. The molecule has 0 spiro atoms. The molecule has 0 aromatic carbocycles. The molecule has 1 rings (SSSR count). The third kappa shape index (κ3) is 6.71. The third-order valence-electron chi connectivity index (χ3n) is 4.29. The number of hydrogen-bond acceptors (Lipinski definition) is 3. The molecule has 0 atom stereocenters. The number of rotatable bonds is 12. The molecule has 4 heteroatoms. The van der Waals surface area contributed by atoms with E-state index in [4.69, 9.17) is 0 Å². The molecule has 0 unspecified atom stereocenters. The Labute approximate surface area is 124 Å². The summed E-state index contributed by atoms with van der Waals surface area (Å²) in [6.07, 6.45) is 12.3. The number of unbranched alkanes of at least 4 members (excludes halogenated alkanes) is 7. The lowest BCUT2D eigenvalue weighted by Crippen LogP contribution is -2.33. The Morgan fingerprint density at radius 3 is 2.00 bits per heavy atom. The minimum absolute atomic E-state index is 0.0945. The Hall–Kier alpha value is -0.610. The smallest absolute Gasteiger partial charge is 0.225 e. The lowest BCUT2D eigenvalue weighted by molar-refractivity contribution is -0.130. The van der Waals surface area contributed by atoms with E-state index in [1.807, 2.05) is 14.0 Å². The Balaban J connectivity index is 2.02. The van der Waals surface area contributed by atoms with E-state index in [0.717, 1.165) is 13.0 Å². The van der Waals surface area contributed by atoms with Gasteiger partial charge in [-0.3, -0.25) is 4.79 Å². The van der Waals surface area contributed by atoms with Gasteiger partial charge in [0.25, 0.3) is 0 Å². The molecule has 1 heterocycles. The van der Waals surface area contributed by atoms with Gasteiger partial charge in [0.05, 0.1) is 6.42 Å². The highest BCUT2D eigenvalue weighted by Crippen LogP contribution is 2.24. The van der Waals surface area contributed by atoms with Crippen LogP contribution in [0.2, 0.25) is 0 Å². The Kier molecular flexibility index (Phi) is 8.15. The second kappa shape index (κ2) is 9.35. The summed E-state index contributed by atoms with van der Waals surface area (Å²) in [7, 11) is 1.87. The van der Waals surface area contributed by atoms with Crippen LogP contribution >= 0.6 is 0 Å². The number of nitrogens with zero attached hydrogens (tertiary/aromatic N) is 1. The first-order valence-corrected chi connectivity index (χ1v) is 8.42. The zero-order valence-corrected chi connectivity index (χ0v) is 13.6. The van der Waals surface area contributed by atoms with Crippen LogP contribution in [-0.2, 0) is 4.79 Å². The molecule has 20 heavy (non-hydrogen) atoms. The van der Waals surface area contributed by atoms with Crippen molar-refractivity contribution in [2.45, 2.75) is 83.7 Å². The molecule has 1 fully saturated rings. The first-order chi connectivity index (χ1) is 9.63. The van der Waals surface area contributed by atoms with Crippen LogP contribution in [0.1, 0.15) is 78.1 Å². The van der Waals surface area contributed by atoms with Crippen molar-refractivity contribution in [3.05, 3.63) is 0 Å². The number of nitrogens with one attached hydrogen (secondary N) is 2. The van der Waals surface area contributed by atoms with Gasteiger partial charge in [-0.1, -0.05) is 58.3 Å². The van der Waals surface area contributed by atoms with Gasteiger partial charge in [0.2, 0.25) is 5.91 Å². The van der Waals surface area contributed by atoms with Gasteiger partial charge in [0, 0.05) is 13.6 Å². The molecular formula is C16H33N3O. The van der Waals surface area contributed by atoms with Crippen LogP contribution in [0.25, 0.3) is 0 Å². The van der Waals surface area contributed by atoms with Gasteiger partial charge in [0.1, 0.15) is 5.66 Å². The second-order valence-corrected chi connectivity index (χ2v) is 6.14. The maximum absolute atomic E-state index is 11.9. The van der Waals surface area contributed by atoms with Gasteiger partial charge >= 0.3 is 0 Å². The minimum Gasteiger partial charge on any atom is -0.346 e. The van der Waals surface area contributed by atoms with Crippen molar-refractivity contribution in [3.63, 3.8) is 0 Å². The molecule has 1 aliphatic heterocycles. The summed E-state index contributed by atoms with van der Waals surface area (Å²) in [5.41, 5.74) is 6.26. The largest absolute Gasteiger partial charge is 0.346 e. The zero-order chi connectivity index (χ0) is 14.8. The highest BCUT2D eigenvalue weighted by Gasteiger charge is 2.43. The van der Waals surface area contributed by atoms with Crippen LogP contribution in [0, 0.1) is 0 Å². The monoisotopic (exact) mass is 283 g/mol. The maximum atomic E-state index is 11.9. The average molecular weight is 283 g/mol. The summed E-state index contributed by atoms with van der Waals surface area (Å²) in [6, 6.07) is 0. The van der Waals surface area contributed by atoms with Gasteiger partial charge in [-0.15, -0.1) is 0 Å². The van der Waals surface area contributed by atoms with Crippen LogP contribution in [0.5, 0.6) is 0 Å². The molecule has 0 radical (unpaired) electrons. The molecule has 1 amide bonds.